The fourth-order valence-electron chi connectivity index (χ4n) is 0.541. The fraction of sp³-hybridized carbons (Fsp3) is 0.333. The van der Waals surface area contributed by atoms with Crippen molar-refractivity contribution in [2.75, 3.05) is 5.75 Å². The summed E-state index contributed by atoms with van der Waals surface area (Å²) in [6.07, 6.45) is 1.12. The van der Waals surface area contributed by atoms with E-state index >= 15 is 0 Å². The van der Waals surface area contributed by atoms with Crippen LogP contribution in [0.5, 0.6) is 0 Å². The van der Waals surface area contributed by atoms with Crippen molar-refractivity contribution in [3.63, 3.8) is 0 Å². The third-order valence-electron chi connectivity index (χ3n) is 0.983. The number of hydrogen-bond donors (Lipinski definition) is 0. The molecule has 0 N–H and O–H groups in total. The number of allylic oxidation sites excluding steroid dienone is 1. The molecule has 1 rings (SSSR count). The zero-order chi connectivity index (χ0) is 8.81. The summed E-state index contributed by atoms with van der Waals surface area (Å²) in [5.74, 6) is 0.618. The van der Waals surface area contributed by atoms with Crippen LogP contribution in [-0.2, 0) is 0 Å². The highest BCUT2D eigenvalue weighted by Crippen LogP contribution is 2.19. The van der Waals surface area contributed by atoms with Crippen molar-refractivity contribution < 1.29 is 8.78 Å². The Bertz CT molecular complexity index is 244. The van der Waals surface area contributed by atoms with Gasteiger partial charge in [0.05, 0.1) is 0 Å². The summed E-state index contributed by atoms with van der Waals surface area (Å²) in [4.78, 5) is 3.90. The summed E-state index contributed by atoms with van der Waals surface area (Å²) in [6.45, 7) is 0. The molecule has 1 aromatic rings. The van der Waals surface area contributed by atoms with E-state index in [1.54, 1.807) is 0 Å². The monoisotopic (exact) mass is 208 g/mol. The minimum absolute atomic E-state index is 0.368. The first kappa shape index (κ1) is 9.60. The highest BCUT2D eigenvalue weighted by molar-refractivity contribution is 8.00. The molecule has 2 nitrogen and oxygen atoms in total. The molecule has 0 unspecified atom stereocenters. The van der Waals surface area contributed by atoms with Gasteiger partial charge in [0, 0.05) is 5.75 Å². The molecule has 1 aromatic heterocycles. The Hall–Kier alpha value is -0.490. The van der Waals surface area contributed by atoms with Crippen LogP contribution < -0.4 is 0 Å². The van der Waals surface area contributed by atoms with Gasteiger partial charge in [0.15, 0.2) is 4.34 Å². The number of rotatable bonds is 4. The van der Waals surface area contributed by atoms with Crippen molar-refractivity contribution in [1.82, 2.24) is 9.36 Å². The first-order valence-corrected chi connectivity index (χ1v) is 4.95. The average molecular weight is 208 g/mol. The highest BCUT2D eigenvalue weighted by atomic mass is 32.2. The molecule has 0 atom stereocenters. The topological polar surface area (TPSA) is 25.8 Å². The van der Waals surface area contributed by atoms with Crippen molar-refractivity contribution in [2.24, 2.45) is 0 Å². The van der Waals surface area contributed by atoms with E-state index < -0.39 is 6.08 Å². The SMILES string of the molecule is FC(F)=CCCSc1ncns1. The molecule has 66 valence electrons. The smallest absolute Gasteiger partial charge is 0.216 e. The van der Waals surface area contributed by atoms with Crippen LogP contribution in [0.4, 0.5) is 8.78 Å². The molecule has 0 radical (unpaired) electrons. The van der Waals surface area contributed by atoms with Gasteiger partial charge in [0.1, 0.15) is 6.33 Å². The summed E-state index contributed by atoms with van der Waals surface area (Å²) in [7, 11) is 0. The van der Waals surface area contributed by atoms with Crippen LogP contribution in [-0.4, -0.2) is 15.1 Å². The maximum absolute atomic E-state index is 11.5. The Kier molecular flexibility index (Phi) is 4.16. The molecule has 0 aliphatic rings. The van der Waals surface area contributed by atoms with Crippen LogP contribution >= 0.6 is 23.3 Å². The molecular formula is C6H6F2N2S2. The second kappa shape index (κ2) is 5.21. The zero-order valence-electron chi connectivity index (χ0n) is 6.04. The predicted octanol–water partition coefficient (Wildman–Crippen LogP) is 2.80. The number of nitrogens with zero attached hydrogens (tertiary/aromatic N) is 2. The van der Waals surface area contributed by atoms with Crippen LogP contribution in [0.1, 0.15) is 6.42 Å². The molecule has 0 fully saturated rings. The van der Waals surface area contributed by atoms with E-state index in [9.17, 15) is 8.78 Å². The molecule has 6 heteroatoms. The number of thioether (sulfide) groups is 1. The van der Waals surface area contributed by atoms with E-state index in [0.717, 1.165) is 10.4 Å². The van der Waals surface area contributed by atoms with Gasteiger partial charge in [0.2, 0.25) is 0 Å². The lowest BCUT2D eigenvalue weighted by atomic mass is 10.5. The Labute approximate surface area is 76.9 Å². The third kappa shape index (κ3) is 3.77. The van der Waals surface area contributed by atoms with E-state index in [0.29, 0.717) is 12.2 Å². The molecule has 0 amide bonds. The Morgan fingerprint density at radius 3 is 3.08 bits per heavy atom. The van der Waals surface area contributed by atoms with Crippen LogP contribution in [0.3, 0.4) is 0 Å². The lowest BCUT2D eigenvalue weighted by molar-refractivity contribution is 0.418. The maximum atomic E-state index is 11.5. The van der Waals surface area contributed by atoms with Crippen molar-refractivity contribution in [3.8, 4) is 0 Å². The van der Waals surface area contributed by atoms with E-state index in [4.69, 9.17) is 0 Å². The van der Waals surface area contributed by atoms with Gasteiger partial charge in [-0.2, -0.15) is 13.2 Å². The molecule has 0 aromatic carbocycles. The maximum Gasteiger partial charge on any atom is 0.266 e. The Morgan fingerprint density at radius 2 is 2.50 bits per heavy atom. The van der Waals surface area contributed by atoms with Gasteiger partial charge in [-0.15, -0.1) is 0 Å². The molecule has 1 heterocycles. The predicted molar refractivity (Wildman–Crippen MR) is 45.5 cm³/mol. The number of aromatic nitrogens is 2. The Morgan fingerprint density at radius 1 is 1.67 bits per heavy atom. The summed E-state index contributed by atoms with van der Waals surface area (Å²) in [5, 5.41) is 0. The normalized spacial score (nSPS) is 9.83. The van der Waals surface area contributed by atoms with Crippen molar-refractivity contribution >= 4 is 23.3 Å². The minimum Gasteiger partial charge on any atom is -0.216 e. The van der Waals surface area contributed by atoms with Crippen LogP contribution in [0.25, 0.3) is 0 Å². The van der Waals surface area contributed by atoms with Gasteiger partial charge in [-0.05, 0) is 24.0 Å². The highest BCUT2D eigenvalue weighted by Gasteiger charge is 1.96. The van der Waals surface area contributed by atoms with E-state index in [1.807, 2.05) is 0 Å². The number of hydrogen-bond acceptors (Lipinski definition) is 4. The second-order valence-corrected chi connectivity index (χ2v) is 3.96. The van der Waals surface area contributed by atoms with Gasteiger partial charge < -0.3 is 0 Å². The van der Waals surface area contributed by atoms with Crippen molar-refractivity contribution in [2.45, 2.75) is 10.8 Å². The van der Waals surface area contributed by atoms with Gasteiger partial charge in [-0.25, -0.2) is 4.98 Å². The molecule has 0 aliphatic carbocycles. The van der Waals surface area contributed by atoms with Crippen LogP contribution in [0.2, 0.25) is 0 Å². The fourth-order valence-corrected chi connectivity index (χ4v) is 1.94. The summed E-state index contributed by atoms with van der Waals surface area (Å²) in [5.41, 5.74) is 0. The molecule has 0 bridgehead atoms. The molecule has 0 aliphatic heterocycles. The first-order valence-electron chi connectivity index (χ1n) is 3.19. The molecule has 12 heavy (non-hydrogen) atoms. The summed E-state index contributed by atoms with van der Waals surface area (Å²) >= 11 is 2.71. The minimum atomic E-state index is -1.62. The lowest BCUT2D eigenvalue weighted by Crippen LogP contribution is -1.75. The van der Waals surface area contributed by atoms with Crippen LogP contribution in [0, 0.1) is 0 Å². The molecule has 0 spiro atoms. The van der Waals surface area contributed by atoms with Gasteiger partial charge in [-0.1, -0.05) is 11.8 Å². The average Bonchev–Trinajstić information content (AvgIpc) is 2.49. The first-order chi connectivity index (χ1) is 5.79. The quantitative estimate of drug-likeness (QED) is 0.562. The number of halogens is 2. The summed E-state index contributed by atoms with van der Waals surface area (Å²) in [6, 6.07) is 0. The van der Waals surface area contributed by atoms with Gasteiger partial charge in [0.25, 0.3) is 6.08 Å². The van der Waals surface area contributed by atoms with Crippen molar-refractivity contribution in [1.29, 1.82) is 0 Å². The summed E-state index contributed by atoms with van der Waals surface area (Å²) < 4.78 is 27.7. The standard InChI is InChI=1S/C6H6F2N2S2/c7-5(8)2-1-3-11-6-9-4-10-12-6/h2,4H,1,3H2. The molecule has 0 saturated heterocycles. The lowest BCUT2D eigenvalue weighted by Gasteiger charge is -1.90. The largest absolute Gasteiger partial charge is 0.266 e. The molecular weight excluding hydrogens is 202 g/mol. The van der Waals surface area contributed by atoms with Gasteiger partial charge >= 0.3 is 0 Å². The Balaban J connectivity index is 2.16. The van der Waals surface area contributed by atoms with Crippen LogP contribution in [0.15, 0.2) is 22.8 Å². The van der Waals surface area contributed by atoms with Gasteiger partial charge in [-0.3, -0.25) is 0 Å². The van der Waals surface area contributed by atoms with E-state index in [-0.39, 0.29) is 0 Å². The second-order valence-electron chi connectivity index (χ2n) is 1.84. The molecule has 0 saturated carbocycles. The third-order valence-corrected chi connectivity index (χ3v) is 2.81. The van der Waals surface area contributed by atoms with E-state index in [1.165, 1.54) is 29.6 Å². The van der Waals surface area contributed by atoms with Crippen molar-refractivity contribution in [3.05, 3.63) is 18.5 Å². The zero-order valence-corrected chi connectivity index (χ0v) is 7.67. The van der Waals surface area contributed by atoms with E-state index in [2.05, 4.69) is 9.36 Å².